The molecule has 7 heavy (non-hydrogen) atoms. The molecule has 0 N–H and O–H groups in total. The molecule has 0 atom stereocenters. The zero-order valence-corrected chi connectivity index (χ0v) is 7.78. The second kappa shape index (κ2) is 5.16. The van der Waals surface area contributed by atoms with Crippen LogP contribution < -0.4 is 0 Å². The Morgan fingerprint density at radius 1 is 1.14 bits per heavy atom. The first-order chi connectivity index (χ1) is 2.00. The molecule has 0 aromatic rings. The summed E-state index contributed by atoms with van der Waals surface area (Å²) in [7, 11) is -5.17. The molecule has 0 aromatic carbocycles. The molecule has 0 rings (SSSR count). The van der Waals surface area contributed by atoms with Crippen LogP contribution in [0, 0.1) is 0 Å². The predicted molar refractivity (Wildman–Crippen MR) is 10.5 cm³/mol. The minimum atomic E-state index is -5.17. The molecule has 0 spiro atoms. The van der Waals surface area contributed by atoms with Crippen LogP contribution in [0.2, 0.25) is 0 Å². The zero-order valence-electron chi connectivity index (χ0n) is 3.05. The third-order valence-corrected chi connectivity index (χ3v) is 0. The summed E-state index contributed by atoms with van der Waals surface area (Å²) in [5.41, 5.74) is 0. The molecule has 0 unspecified atom stereocenters. The van der Waals surface area contributed by atoms with Crippen molar-refractivity contribution in [2.75, 3.05) is 0 Å². The fourth-order valence-corrected chi connectivity index (χ4v) is 0. The molecule has 0 aliphatic rings. The van der Waals surface area contributed by atoms with Crippen LogP contribution in [0.5, 0.6) is 0 Å². The molecule has 1 radical (unpaired) electrons. The van der Waals surface area contributed by atoms with Gasteiger partial charge in [-0.2, -0.15) is 0 Å². The molecular weight excluding hydrogens is 225 g/mol. The van der Waals surface area contributed by atoms with Gasteiger partial charge in [-0.25, -0.2) is 0 Å². The summed E-state index contributed by atoms with van der Waals surface area (Å²) >= 11 is 0. The van der Waals surface area contributed by atoms with Crippen LogP contribution in [0.15, 0.2) is 0 Å². The Morgan fingerprint density at radius 3 is 1.14 bits per heavy atom. The molecule has 0 aliphatic carbocycles. The molecule has 0 fully saturated rings. The quantitative estimate of drug-likeness (QED) is 0.290. The number of rotatable bonds is 0. The summed E-state index contributed by atoms with van der Waals surface area (Å²) in [5, 5.41) is 0. The summed E-state index contributed by atoms with van der Waals surface area (Å²) in [4.78, 5) is 0. The third kappa shape index (κ3) is 172. The second-order valence-electron chi connectivity index (χ2n) is 0.408. The van der Waals surface area contributed by atoms with Crippen LogP contribution >= 0.6 is 0 Å². The van der Waals surface area contributed by atoms with E-state index in [4.69, 9.17) is 17.5 Å². The average Bonchev–Trinajstić information content (AvgIpc) is 0.722. The van der Waals surface area contributed by atoms with Crippen LogP contribution in [0.4, 0.5) is 0 Å². The fourth-order valence-electron chi connectivity index (χ4n) is 0. The minimum absolute atomic E-state index is 0. The first-order valence-electron chi connectivity index (χ1n) is 0.667. The van der Waals surface area contributed by atoms with Gasteiger partial charge in [0.1, 0.15) is 0 Å². The van der Waals surface area contributed by atoms with E-state index >= 15 is 0 Å². The fraction of sp³-hybridized carbons (Fsp3) is 0. The molecule has 7 heteroatoms. The van der Waals surface area contributed by atoms with E-state index in [0.29, 0.717) is 0 Å². The maximum Gasteiger partial charge on any atom is 2.00 e. The normalized spacial score (nSPS) is 8.29. The smallest absolute Gasteiger partial charge is 0.759 e. The van der Waals surface area contributed by atoms with Crippen molar-refractivity contribution in [1.82, 2.24) is 0 Å². The monoisotopic (exact) mass is 223 g/mol. The Bertz CT molecular complexity index is 94.9. The Balaban J connectivity index is -0.0000000800. The molecule has 0 saturated carbocycles. The van der Waals surface area contributed by atoms with Gasteiger partial charge in [-0.1, -0.05) is 0 Å². The van der Waals surface area contributed by atoms with Gasteiger partial charge in [0.2, 0.25) is 0 Å². The topological polar surface area (TPSA) is 80.3 Å². The van der Waals surface area contributed by atoms with Gasteiger partial charge < -0.3 is 9.11 Å². The van der Waals surface area contributed by atoms with Crippen molar-refractivity contribution in [2.45, 2.75) is 0 Å². The van der Waals surface area contributed by atoms with Gasteiger partial charge >= 0.3 is 19.5 Å². The van der Waals surface area contributed by atoms with Crippen molar-refractivity contribution in [2.24, 2.45) is 0 Å². The van der Waals surface area contributed by atoms with Crippen LogP contribution in [0.1, 0.15) is 0 Å². The van der Waals surface area contributed by atoms with Crippen molar-refractivity contribution >= 4 is 10.4 Å². The van der Waals surface area contributed by atoms with Crippen LogP contribution in [-0.4, -0.2) is 17.5 Å². The van der Waals surface area contributed by atoms with Crippen LogP contribution in [0.25, 0.3) is 0 Å². The van der Waals surface area contributed by atoms with E-state index in [2.05, 4.69) is 0 Å². The standard InChI is InChI=1S/Cu.H2O4S.Zn/c;1-5(2,3)4;/h;(H2,1,2,3,4);/q;;+2/p-2. The molecule has 4 nitrogen and oxygen atoms in total. The molecule has 0 amide bonds. The van der Waals surface area contributed by atoms with E-state index < -0.39 is 10.4 Å². The number of hydrogen-bond donors (Lipinski definition) is 0. The Morgan fingerprint density at radius 2 is 1.14 bits per heavy atom. The van der Waals surface area contributed by atoms with Crippen molar-refractivity contribution in [3.05, 3.63) is 0 Å². The summed E-state index contributed by atoms with van der Waals surface area (Å²) in [6.07, 6.45) is 0. The van der Waals surface area contributed by atoms with Crippen LogP contribution in [-0.2, 0) is 46.9 Å². The maximum atomic E-state index is 8.52. The molecule has 0 aromatic heterocycles. The van der Waals surface area contributed by atoms with Gasteiger partial charge in [-0.3, -0.25) is 8.42 Å². The van der Waals surface area contributed by atoms with Gasteiger partial charge in [-0.15, -0.1) is 0 Å². The first kappa shape index (κ1) is 15.7. The van der Waals surface area contributed by atoms with E-state index in [1.807, 2.05) is 0 Å². The maximum absolute atomic E-state index is 8.52. The summed E-state index contributed by atoms with van der Waals surface area (Å²) in [5.74, 6) is 0. The SMILES string of the molecule is O=S(=O)([O-])[O-].[Cu].[Zn+2]. The van der Waals surface area contributed by atoms with Crippen molar-refractivity contribution in [3.63, 3.8) is 0 Å². The van der Waals surface area contributed by atoms with E-state index in [9.17, 15) is 0 Å². The van der Waals surface area contributed by atoms with Gasteiger partial charge in [0.25, 0.3) is 0 Å². The average molecular weight is 225 g/mol. The Hall–Kier alpha value is 1.01. The second-order valence-corrected chi connectivity index (χ2v) is 1.22. The van der Waals surface area contributed by atoms with Gasteiger partial charge in [0.05, 0.1) is 0 Å². The molecule has 0 aliphatic heterocycles. The van der Waals surface area contributed by atoms with Crippen molar-refractivity contribution in [1.29, 1.82) is 0 Å². The van der Waals surface area contributed by atoms with Gasteiger partial charge in [-0.05, 0) is 0 Å². The minimum Gasteiger partial charge on any atom is -0.759 e. The van der Waals surface area contributed by atoms with Gasteiger partial charge in [0.15, 0.2) is 0 Å². The summed E-state index contributed by atoms with van der Waals surface area (Å²) < 4.78 is 34.1. The predicted octanol–water partition coefficient (Wildman–Crippen LogP) is -1.34. The van der Waals surface area contributed by atoms with E-state index in [0.717, 1.165) is 0 Å². The molecule has 0 saturated heterocycles. The number of hydrogen-bond acceptors (Lipinski definition) is 4. The summed E-state index contributed by atoms with van der Waals surface area (Å²) in [6, 6.07) is 0. The first-order valence-corrected chi connectivity index (χ1v) is 2.00. The van der Waals surface area contributed by atoms with E-state index in [1.54, 1.807) is 0 Å². The summed E-state index contributed by atoms with van der Waals surface area (Å²) in [6.45, 7) is 0. The Kier molecular flexibility index (Phi) is 11.5. The van der Waals surface area contributed by atoms with Gasteiger partial charge in [0, 0.05) is 27.5 Å². The van der Waals surface area contributed by atoms with E-state index in [-0.39, 0.29) is 36.5 Å². The van der Waals surface area contributed by atoms with Crippen molar-refractivity contribution < 1.29 is 54.1 Å². The molecular formula is CuO4SZn. The largest absolute Gasteiger partial charge is 2.00 e. The van der Waals surface area contributed by atoms with Crippen LogP contribution in [0.3, 0.4) is 0 Å². The van der Waals surface area contributed by atoms with Crippen molar-refractivity contribution in [3.8, 4) is 0 Å². The zero-order chi connectivity index (χ0) is 4.50. The molecule has 0 bridgehead atoms. The molecule has 0 heterocycles. The third-order valence-electron chi connectivity index (χ3n) is 0. The molecule has 43 valence electrons. The van der Waals surface area contributed by atoms with E-state index in [1.165, 1.54) is 0 Å². The Labute approximate surface area is 64.5 Å².